The summed E-state index contributed by atoms with van der Waals surface area (Å²) in [5.74, 6) is 1.40. The molecule has 1 fully saturated rings. The minimum absolute atomic E-state index is 0.464. The number of nitrogens with one attached hydrogen (secondary N) is 2. The van der Waals surface area contributed by atoms with Crippen LogP contribution in [0.15, 0.2) is 18.6 Å². The molecule has 8 heteroatoms. The van der Waals surface area contributed by atoms with Crippen LogP contribution in [0.3, 0.4) is 0 Å². The zero-order chi connectivity index (χ0) is 17.6. The fraction of sp³-hybridized carbons (Fsp3) is 0.529. The van der Waals surface area contributed by atoms with Crippen molar-refractivity contribution < 1.29 is 0 Å². The molecular weight excluding hydrogens is 316 g/mol. The van der Waals surface area contributed by atoms with E-state index in [4.69, 9.17) is 6.57 Å². The second-order valence-corrected chi connectivity index (χ2v) is 6.35. The maximum Gasteiger partial charge on any atom is 0.229 e. The molecule has 25 heavy (non-hydrogen) atoms. The van der Waals surface area contributed by atoms with E-state index in [1.807, 2.05) is 26.4 Å². The lowest BCUT2D eigenvalue weighted by Crippen LogP contribution is -2.36. The van der Waals surface area contributed by atoms with Gasteiger partial charge in [-0.25, -0.2) is 11.6 Å². The molecule has 2 aromatic heterocycles. The molecule has 3 rings (SSSR count). The topological polar surface area (TPSA) is 75.3 Å². The van der Waals surface area contributed by atoms with Gasteiger partial charge in [0.1, 0.15) is 5.82 Å². The molecule has 0 unspecified atom stereocenters. The number of likely N-dealkylation sites (tertiary alicyclic amines) is 1. The molecule has 1 atom stereocenters. The molecule has 0 aromatic carbocycles. The van der Waals surface area contributed by atoms with Gasteiger partial charge in [-0.3, -0.25) is 9.58 Å². The van der Waals surface area contributed by atoms with Gasteiger partial charge >= 0.3 is 0 Å². The van der Waals surface area contributed by atoms with Crippen molar-refractivity contribution in [2.24, 2.45) is 7.05 Å². The summed E-state index contributed by atoms with van der Waals surface area (Å²) in [7, 11) is 1.87. The van der Waals surface area contributed by atoms with Gasteiger partial charge in [0.2, 0.25) is 12.5 Å². The summed E-state index contributed by atoms with van der Waals surface area (Å²) in [6.45, 7) is 12.3. The number of aromatic nitrogens is 4. The van der Waals surface area contributed by atoms with E-state index in [0.717, 1.165) is 43.1 Å². The van der Waals surface area contributed by atoms with Gasteiger partial charge in [-0.05, 0) is 26.3 Å². The van der Waals surface area contributed by atoms with E-state index in [2.05, 4.69) is 35.4 Å². The van der Waals surface area contributed by atoms with Crippen LogP contribution in [0.5, 0.6) is 0 Å². The van der Waals surface area contributed by atoms with Crippen molar-refractivity contribution in [2.75, 3.05) is 36.8 Å². The average Bonchev–Trinajstić information content (AvgIpc) is 3.22. The Morgan fingerprint density at radius 1 is 1.40 bits per heavy atom. The molecule has 0 radical (unpaired) electrons. The first kappa shape index (κ1) is 17.2. The number of anilines is 3. The molecule has 0 spiro atoms. The molecule has 1 aliphatic rings. The fourth-order valence-electron chi connectivity index (χ4n) is 3.11. The highest BCUT2D eigenvalue weighted by Gasteiger charge is 2.24. The third kappa shape index (κ3) is 4.45. The van der Waals surface area contributed by atoms with Crippen molar-refractivity contribution >= 4 is 17.5 Å². The largest absolute Gasteiger partial charge is 0.368 e. The van der Waals surface area contributed by atoms with Gasteiger partial charge < -0.3 is 15.5 Å². The Kier molecular flexibility index (Phi) is 5.46. The van der Waals surface area contributed by atoms with Crippen LogP contribution in [-0.4, -0.2) is 56.9 Å². The Morgan fingerprint density at radius 2 is 2.28 bits per heavy atom. The molecule has 3 heterocycles. The van der Waals surface area contributed by atoms with E-state index in [-0.39, 0.29) is 0 Å². The lowest BCUT2D eigenvalue weighted by atomic mass is 10.2. The van der Waals surface area contributed by atoms with Gasteiger partial charge in [0, 0.05) is 37.6 Å². The molecule has 8 nitrogen and oxygen atoms in total. The zero-order valence-corrected chi connectivity index (χ0v) is 14.7. The monoisotopic (exact) mass is 340 g/mol. The van der Waals surface area contributed by atoms with Gasteiger partial charge in [-0.1, -0.05) is 0 Å². The Morgan fingerprint density at radius 3 is 3.04 bits per heavy atom. The van der Waals surface area contributed by atoms with E-state index >= 15 is 0 Å². The Labute approximate surface area is 148 Å². The summed E-state index contributed by atoms with van der Waals surface area (Å²) in [5.41, 5.74) is 1.88. The predicted molar refractivity (Wildman–Crippen MR) is 97.8 cm³/mol. The van der Waals surface area contributed by atoms with Gasteiger partial charge in [0.05, 0.1) is 18.4 Å². The molecule has 0 saturated carbocycles. The minimum Gasteiger partial charge on any atom is -0.368 e. The normalized spacial score (nSPS) is 17.4. The summed E-state index contributed by atoms with van der Waals surface area (Å²) < 4.78 is 1.73. The van der Waals surface area contributed by atoms with Crippen molar-refractivity contribution in [2.45, 2.75) is 25.8 Å². The zero-order valence-electron chi connectivity index (χ0n) is 14.7. The van der Waals surface area contributed by atoms with Crippen LogP contribution in [0, 0.1) is 13.5 Å². The molecule has 2 aromatic rings. The molecule has 1 saturated heterocycles. The Hall–Kier alpha value is -2.66. The van der Waals surface area contributed by atoms with Crippen LogP contribution >= 0.6 is 0 Å². The number of hydrogen-bond donors (Lipinski definition) is 2. The van der Waals surface area contributed by atoms with Crippen LogP contribution in [0.1, 0.15) is 18.4 Å². The first-order valence-electron chi connectivity index (χ1n) is 8.56. The third-order valence-corrected chi connectivity index (χ3v) is 4.44. The highest BCUT2D eigenvalue weighted by atomic mass is 15.3. The number of rotatable bonds is 7. The predicted octanol–water partition coefficient (Wildman–Crippen LogP) is 2.06. The molecule has 2 N–H and O–H groups in total. The first-order chi connectivity index (χ1) is 12.2. The SMILES string of the molecule is [C-]#[N+]CCN1CCC[C@@H]1CNc1nc(Nc2cnn(C)c2)ncc1C. The smallest absolute Gasteiger partial charge is 0.229 e. The lowest BCUT2D eigenvalue weighted by molar-refractivity contribution is 0.274. The minimum atomic E-state index is 0.464. The van der Waals surface area contributed by atoms with Crippen LogP contribution < -0.4 is 10.6 Å². The highest BCUT2D eigenvalue weighted by molar-refractivity contribution is 5.54. The fourth-order valence-corrected chi connectivity index (χ4v) is 3.11. The molecule has 0 amide bonds. The number of nitrogens with zero attached hydrogens (tertiary/aromatic N) is 6. The summed E-state index contributed by atoms with van der Waals surface area (Å²) in [6.07, 6.45) is 7.80. The van der Waals surface area contributed by atoms with Crippen molar-refractivity contribution in [3.8, 4) is 0 Å². The summed E-state index contributed by atoms with van der Waals surface area (Å²) in [5, 5.41) is 10.8. The van der Waals surface area contributed by atoms with E-state index in [1.54, 1.807) is 10.9 Å². The molecule has 0 bridgehead atoms. The maximum absolute atomic E-state index is 6.97. The van der Waals surface area contributed by atoms with Gasteiger partial charge in [-0.15, -0.1) is 0 Å². The second-order valence-electron chi connectivity index (χ2n) is 6.35. The number of aryl methyl sites for hydroxylation is 2. The van der Waals surface area contributed by atoms with Crippen LogP contribution in [-0.2, 0) is 7.05 Å². The number of hydrogen-bond acceptors (Lipinski definition) is 6. The molecule has 1 aliphatic heterocycles. The Balaban J connectivity index is 1.62. The van der Waals surface area contributed by atoms with Crippen LogP contribution in [0.2, 0.25) is 0 Å². The average molecular weight is 340 g/mol. The second kappa shape index (κ2) is 7.94. The summed E-state index contributed by atoms with van der Waals surface area (Å²) in [6, 6.07) is 0.464. The van der Waals surface area contributed by atoms with Crippen molar-refractivity contribution in [3.63, 3.8) is 0 Å². The maximum atomic E-state index is 6.97. The summed E-state index contributed by atoms with van der Waals surface area (Å²) in [4.78, 5) is 14.8. The van der Waals surface area contributed by atoms with Crippen LogP contribution in [0.4, 0.5) is 17.5 Å². The van der Waals surface area contributed by atoms with Crippen molar-refractivity contribution in [1.82, 2.24) is 24.6 Å². The standard InChI is InChI=1S/C17H24N8/c1-13-9-20-17(22-14-10-21-24(3)12-14)23-16(13)19-11-15-5-4-7-25(15)8-6-18-2/h9-10,12,15H,4-8,11H2,1,3H3,(H2,19,20,22,23)/t15-/m1/s1. The van der Waals surface area contributed by atoms with Gasteiger partial charge in [0.15, 0.2) is 0 Å². The Bertz CT molecular complexity index is 747. The van der Waals surface area contributed by atoms with Gasteiger partial charge in [0.25, 0.3) is 0 Å². The highest BCUT2D eigenvalue weighted by Crippen LogP contribution is 2.20. The third-order valence-electron chi connectivity index (χ3n) is 4.44. The summed E-state index contributed by atoms with van der Waals surface area (Å²) >= 11 is 0. The van der Waals surface area contributed by atoms with E-state index in [1.165, 1.54) is 6.42 Å². The molecule has 0 aliphatic carbocycles. The molecule has 132 valence electrons. The van der Waals surface area contributed by atoms with Crippen molar-refractivity contribution in [3.05, 3.63) is 35.6 Å². The van der Waals surface area contributed by atoms with E-state index in [9.17, 15) is 0 Å². The first-order valence-corrected chi connectivity index (χ1v) is 8.56. The quantitative estimate of drug-likeness (QED) is 0.752. The van der Waals surface area contributed by atoms with Crippen LogP contribution in [0.25, 0.3) is 4.85 Å². The molecular formula is C17H24N8. The van der Waals surface area contributed by atoms with E-state index in [0.29, 0.717) is 18.5 Å². The van der Waals surface area contributed by atoms with E-state index < -0.39 is 0 Å². The van der Waals surface area contributed by atoms with Gasteiger partial charge in [-0.2, -0.15) is 10.1 Å². The lowest BCUT2D eigenvalue weighted by Gasteiger charge is -2.23. The van der Waals surface area contributed by atoms with Crippen molar-refractivity contribution in [1.29, 1.82) is 0 Å².